The van der Waals surface area contributed by atoms with Crippen molar-refractivity contribution in [2.24, 2.45) is 0 Å². The minimum atomic E-state index is -0.806. The van der Waals surface area contributed by atoms with Crippen molar-refractivity contribution in [1.29, 1.82) is 0 Å². The quantitative estimate of drug-likeness (QED) is 0.790. The summed E-state index contributed by atoms with van der Waals surface area (Å²) >= 11 is 7.06. The van der Waals surface area contributed by atoms with Gasteiger partial charge in [-0.3, -0.25) is 4.79 Å². The smallest absolute Gasteiger partial charge is 0.313 e. The lowest BCUT2D eigenvalue weighted by Gasteiger charge is -2.03. The zero-order valence-corrected chi connectivity index (χ0v) is 8.65. The summed E-state index contributed by atoms with van der Waals surface area (Å²) in [6.45, 7) is 1.91. The van der Waals surface area contributed by atoms with Crippen molar-refractivity contribution in [3.63, 3.8) is 0 Å². The van der Waals surface area contributed by atoms with Crippen LogP contribution in [0.5, 0.6) is 0 Å². The van der Waals surface area contributed by atoms with Gasteiger partial charge in [0.2, 0.25) is 0 Å². The maximum absolute atomic E-state index is 10.3. The second kappa shape index (κ2) is 4.53. The number of carboxylic acids is 1. The second-order valence-corrected chi connectivity index (χ2v) is 4.05. The summed E-state index contributed by atoms with van der Waals surface area (Å²) in [5, 5.41) is 9.15. The van der Waals surface area contributed by atoms with E-state index in [0.29, 0.717) is 5.02 Å². The molecule has 0 amide bonds. The molecule has 4 heteroatoms. The number of hydrogen-bond acceptors (Lipinski definition) is 2. The zero-order chi connectivity index (χ0) is 9.84. The van der Waals surface area contributed by atoms with Crippen LogP contribution in [0.4, 0.5) is 0 Å². The van der Waals surface area contributed by atoms with Crippen molar-refractivity contribution < 1.29 is 9.90 Å². The molecule has 0 radical (unpaired) electrons. The number of carboxylic acid groups (broad SMARTS) is 1. The molecule has 70 valence electrons. The molecule has 0 saturated heterocycles. The van der Waals surface area contributed by atoms with Gasteiger partial charge in [-0.25, -0.2) is 0 Å². The molecule has 0 aromatic heterocycles. The van der Waals surface area contributed by atoms with Gasteiger partial charge in [-0.1, -0.05) is 11.6 Å². The number of carbonyl (C=O) groups is 1. The molecule has 0 heterocycles. The lowest BCUT2D eigenvalue weighted by atomic mass is 10.2. The Labute approximate surface area is 85.9 Å². The van der Waals surface area contributed by atoms with Crippen LogP contribution in [0.25, 0.3) is 0 Å². The number of aliphatic carboxylic acids is 1. The number of thioether (sulfide) groups is 1. The van der Waals surface area contributed by atoms with Crippen LogP contribution in [0.2, 0.25) is 5.02 Å². The Bertz CT molecular complexity index is 325. The number of rotatable bonds is 3. The lowest BCUT2D eigenvalue weighted by Crippen LogP contribution is -1.97. The number of benzene rings is 1. The molecule has 1 aromatic carbocycles. The van der Waals surface area contributed by atoms with E-state index in [9.17, 15) is 4.79 Å². The van der Waals surface area contributed by atoms with Crippen LogP contribution in [-0.2, 0) is 4.79 Å². The first-order valence-corrected chi connectivity index (χ1v) is 5.06. The topological polar surface area (TPSA) is 37.3 Å². The average molecular weight is 217 g/mol. The van der Waals surface area contributed by atoms with E-state index in [4.69, 9.17) is 16.7 Å². The highest BCUT2D eigenvalue weighted by molar-refractivity contribution is 8.00. The highest BCUT2D eigenvalue weighted by Gasteiger charge is 2.02. The van der Waals surface area contributed by atoms with Gasteiger partial charge in [-0.2, -0.15) is 0 Å². The number of halogens is 1. The predicted octanol–water partition coefficient (Wildman–Crippen LogP) is 2.83. The number of aryl methyl sites for hydroxylation is 1. The fourth-order valence-corrected chi connectivity index (χ4v) is 1.87. The molecule has 0 aliphatic heterocycles. The van der Waals surface area contributed by atoms with Crippen LogP contribution in [-0.4, -0.2) is 16.8 Å². The SMILES string of the molecule is Cc1cc(Cl)ccc1SCC(=O)O. The molecule has 0 spiro atoms. The Morgan fingerprint density at radius 2 is 2.31 bits per heavy atom. The van der Waals surface area contributed by atoms with Gasteiger partial charge in [0, 0.05) is 9.92 Å². The summed E-state index contributed by atoms with van der Waals surface area (Å²) < 4.78 is 0. The molecule has 1 aromatic rings. The highest BCUT2D eigenvalue weighted by Crippen LogP contribution is 2.24. The van der Waals surface area contributed by atoms with Gasteiger partial charge < -0.3 is 5.11 Å². The van der Waals surface area contributed by atoms with E-state index in [1.165, 1.54) is 11.8 Å². The molecule has 0 fully saturated rings. The van der Waals surface area contributed by atoms with Gasteiger partial charge in [0.1, 0.15) is 0 Å². The molecule has 0 atom stereocenters. The van der Waals surface area contributed by atoms with Gasteiger partial charge in [-0.05, 0) is 30.7 Å². The normalized spacial score (nSPS) is 10.0. The first-order chi connectivity index (χ1) is 6.09. The predicted molar refractivity (Wildman–Crippen MR) is 54.5 cm³/mol. The molecular formula is C9H9ClO2S. The van der Waals surface area contributed by atoms with Crippen LogP contribution in [0, 0.1) is 6.92 Å². The third kappa shape index (κ3) is 3.28. The van der Waals surface area contributed by atoms with Gasteiger partial charge in [-0.15, -0.1) is 11.8 Å². The molecule has 0 bridgehead atoms. The monoisotopic (exact) mass is 216 g/mol. The van der Waals surface area contributed by atoms with E-state index >= 15 is 0 Å². The fraction of sp³-hybridized carbons (Fsp3) is 0.222. The molecule has 1 rings (SSSR count). The summed E-state index contributed by atoms with van der Waals surface area (Å²) in [5.41, 5.74) is 1.01. The lowest BCUT2D eigenvalue weighted by molar-refractivity contribution is -0.133. The maximum atomic E-state index is 10.3. The van der Waals surface area contributed by atoms with Crippen molar-refractivity contribution in [3.8, 4) is 0 Å². The third-order valence-corrected chi connectivity index (χ3v) is 2.88. The molecular weight excluding hydrogens is 208 g/mol. The van der Waals surface area contributed by atoms with E-state index < -0.39 is 5.97 Å². The van der Waals surface area contributed by atoms with E-state index in [-0.39, 0.29) is 5.75 Å². The van der Waals surface area contributed by atoms with Crippen molar-refractivity contribution >= 4 is 29.3 Å². The Hall–Kier alpha value is -0.670. The highest BCUT2D eigenvalue weighted by atomic mass is 35.5. The van der Waals surface area contributed by atoms with Crippen molar-refractivity contribution in [3.05, 3.63) is 28.8 Å². The molecule has 2 nitrogen and oxygen atoms in total. The van der Waals surface area contributed by atoms with Crippen LogP contribution in [0.15, 0.2) is 23.1 Å². The van der Waals surface area contributed by atoms with E-state index in [0.717, 1.165) is 10.5 Å². The zero-order valence-electron chi connectivity index (χ0n) is 7.08. The molecule has 13 heavy (non-hydrogen) atoms. The number of hydrogen-bond donors (Lipinski definition) is 1. The summed E-state index contributed by atoms with van der Waals surface area (Å²) in [6.07, 6.45) is 0. The molecule has 0 saturated carbocycles. The van der Waals surface area contributed by atoms with Gasteiger partial charge in [0.15, 0.2) is 0 Å². The van der Waals surface area contributed by atoms with E-state index in [2.05, 4.69) is 0 Å². The van der Waals surface area contributed by atoms with Crippen LogP contribution in [0.1, 0.15) is 5.56 Å². The fourth-order valence-electron chi connectivity index (χ4n) is 0.914. The summed E-state index contributed by atoms with van der Waals surface area (Å²) in [5.74, 6) is -0.720. The van der Waals surface area contributed by atoms with Crippen molar-refractivity contribution in [2.45, 2.75) is 11.8 Å². The minimum absolute atomic E-state index is 0.0858. The Balaban J connectivity index is 2.72. The Kier molecular flexibility index (Phi) is 3.63. The van der Waals surface area contributed by atoms with Crippen molar-refractivity contribution in [2.75, 3.05) is 5.75 Å². The van der Waals surface area contributed by atoms with Crippen LogP contribution < -0.4 is 0 Å². The summed E-state index contributed by atoms with van der Waals surface area (Å²) in [4.78, 5) is 11.3. The van der Waals surface area contributed by atoms with Crippen LogP contribution in [0.3, 0.4) is 0 Å². The van der Waals surface area contributed by atoms with Crippen molar-refractivity contribution in [1.82, 2.24) is 0 Å². The molecule has 1 N–H and O–H groups in total. The minimum Gasteiger partial charge on any atom is -0.481 e. The van der Waals surface area contributed by atoms with Gasteiger partial charge in [0.25, 0.3) is 0 Å². The van der Waals surface area contributed by atoms with Gasteiger partial charge >= 0.3 is 5.97 Å². The second-order valence-electron chi connectivity index (χ2n) is 2.59. The maximum Gasteiger partial charge on any atom is 0.313 e. The summed E-state index contributed by atoms with van der Waals surface area (Å²) in [7, 11) is 0. The Morgan fingerprint density at radius 3 is 2.85 bits per heavy atom. The average Bonchev–Trinajstić information content (AvgIpc) is 2.02. The van der Waals surface area contributed by atoms with E-state index in [1.54, 1.807) is 6.07 Å². The largest absolute Gasteiger partial charge is 0.481 e. The Morgan fingerprint density at radius 1 is 1.62 bits per heavy atom. The standard InChI is InChI=1S/C9H9ClO2S/c1-6-4-7(10)2-3-8(6)13-5-9(11)12/h2-4H,5H2,1H3,(H,11,12). The summed E-state index contributed by atoms with van der Waals surface area (Å²) in [6, 6.07) is 5.43. The first kappa shape index (κ1) is 10.4. The third-order valence-electron chi connectivity index (χ3n) is 1.49. The molecule has 0 unspecified atom stereocenters. The first-order valence-electron chi connectivity index (χ1n) is 3.70. The van der Waals surface area contributed by atoms with Gasteiger partial charge in [0.05, 0.1) is 5.75 Å². The van der Waals surface area contributed by atoms with Crippen LogP contribution >= 0.6 is 23.4 Å². The molecule has 0 aliphatic carbocycles. The molecule has 0 aliphatic rings. The van der Waals surface area contributed by atoms with E-state index in [1.807, 2.05) is 19.1 Å².